The third kappa shape index (κ3) is 3.94. The highest BCUT2D eigenvalue weighted by molar-refractivity contribution is 6.46. The van der Waals surface area contributed by atoms with E-state index in [-0.39, 0.29) is 17.6 Å². The van der Waals surface area contributed by atoms with Gasteiger partial charge < -0.3 is 10.6 Å². The van der Waals surface area contributed by atoms with Crippen LogP contribution in [0.5, 0.6) is 0 Å². The van der Waals surface area contributed by atoms with Crippen LogP contribution in [0.1, 0.15) is 18.4 Å². The van der Waals surface area contributed by atoms with Crippen molar-refractivity contribution in [2.45, 2.75) is 18.5 Å². The Balaban J connectivity index is 1.36. The van der Waals surface area contributed by atoms with E-state index in [1.54, 1.807) is 12.1 Å². The molecule has 2 aromatic rings. The SMILES string of the molecule is O=C(CN1CCC2(CC1)N=C(c1ccc(F)cc1)C(=O)N2)Nc1ccccc1. The summed E-state index contributed by atoms with van der Waals surface area (Å²) in [4.78, 5) is 31.3. The summed E-state index contributed by atoms with van der Waals surface area (Å²) < 4.78 is 13.1. The molecule has 2 N–H and O–H groups in total. The zero-order chi connectivity index (χ0) is 19.6. The summed E-state index contributed by atoms with van der Waals surface area (Å²) in [6.07, 6.45) is 1.25. The number of nitrogens with one attached hydrogen (secondary N) is 2. The van der Waals surface area contributed by atoms with Gasteiger partial charge in [0.1, 0.15) is 17.2 Å². The molecule has 2 aliphatic heterocycles. The molecule has 2 amide bonds. The molecule has 0 radical (unpaired) electrons. The van der Waals surface area contributed by atoms with Crippen molar-refractivity contribution in [2.75, 3.05) is 25.0 Å². The first kappa shape index (κ1) is 18.3. The molecule has 0 unspecified atom stereocenters. The molecule has 0 atom stereocenters. The number of benzene rings is 2. The quantitative estimate of drug-likeness (QED) is 0.854. The lowest BCUT2D eigenvalue weighted by molar-refractivity contribution is -0.119. The molecule has 7 heteroatoms. The zero-order valence-electron chi connectivity index (χ0n) is 15.3. The normalized spacial score (nSPS) is 18.6. The van der Waals surface area contributed by atoms with Gasteiger partial charge in [-0.1, -0.05) is 18.2 Å². The Hall–Kier alpha value is -3.06. The largest absolute Gasteiger partial charge is 0.326 e. The molecule has 1 spiro atoms. The highest BCUT2D eigenvalue weighted by Crippen LogP contribution is 2.28. The lowest BCUT2D eigenvalue weighted by Gasteiger charge is -2.36. The molecule has 4 rings (SSSR count). The van der Waals surface area contributed by atoms with Crippen LogP contribution in [0.2, 0.25) is 0 Å². The van der Waals surface area contributed by atoms with E-state index in [9.17, 15) is 14.0 Å². The van der Waals surface area contributed by atoms with Gasteiger partial charge in [0.15, 0.2) is 0 Å². The number of hydrogen-bond acceptors (Lipinski definition) is 4. The van der Waals surface area contributed by atoms with Gasteiger partial charge in [-0.15, -0.1) is 0 Å². The molecule has 144 valence electrons. The van der Waals surface area contributed by atoms with Crippen LogP contribution in [0.15, 0.2) is 59.6 Å². The Morgan fingerprint density at radius 3 is 2.46 bits per heavy atom. The van der Waals surface area contributed by atoms with Gasteiger partial charge in [-0.05, 0) is 36.4 Å². The molecule has 0 bridgehead atoms. The van der Waals surface area contributed by atoms with Gasteiger partial charge in [-0.2, -0.15) is 0 Å². The van der Waals surface area contributed by atoms with Crippen molar-refractivity contribution in [2.24, 2.45) is 4.99 Å². The van der Waals surface area contributed by atoms with Crippen LogP contribution in [0.25, 0.3) is 0 Å². The number of likely N-dealkylation sites (tertiary alicyclic amines) is 1. The average molecular weight is 380 g/mol. The number of para-hydroxylation sites is 1. The van der Waals surface area contributed by atoms with Crippen molar-refractivity contribution in [3.8, 4) is 0 Å². The fraction of sp³-hybridized carbons (Fsp3) is 0.286. The van der Waals surface area contributed by atoms with E-state index in [2.05, 4.69) is 20.5 Å². The van der Waals surface area contributed by atoms with Gasteiger partial charge in [-0.25, -0.2) is 4.39 Å². The molecule has 0 aliphatic carbocycles. The number of rotatable bonds is 4. The van der Waals surface area contributed by atoms with E-state index < -0.39 is 5.66 Å². The van der Waals surface area contributed by atoms with Crippen LogP contribution in [0, 0.1) is 5.82 Å². The van der Waals surface area contributed by atoms with Gasteiger partial charge >= 0.3 is 0 Å². The van der Waals surface area contributed by atoms with E-state index in [0.717, 1.165) is 5.69 Å². The summed E-state index contributed by atoms with van der Waals surface area (Å²) >= 11 is 0. The lowest BCUT2D eigenvalue weighted by atomic mass is 9.98. The molecule has 0 aromatic heterocycles. The van der Waals surface area contributed by atoms with Gasteiger partial charge in [0.2, 0.25) is 5.91 Å². The second kappa shape index (κ2) is 7.52. The van der Waals surface area contributed by atoms with Crippen LogP contribution in [-0.4, -0.2) is 47.7 Å². The first-order chi connectivity index (χ1) is 13.5. The highest BCUT2D eigenvalue weighted by atomic mass is 19.1. The standard InChI is InChI=1S/C21H21FN4O2/c22-16-8-6-15(7-9-16)19-20(28)25-21(24-19)10-12-26(13-11-21)14-18(27)23-17-4-2-1-3-5-17/h1-9H,10-14H2,(H,23,27)(H,25,28). The number of aliphatic imine (C=N–C) groups is 1. The monoisotopic (exact) mass is 380 g/mol. The summed E-state index contributed by atoms with van der Waals surface area (Å²) in [5, 5.41) is 5.86. The number of carbonyl (C=O) groups excluding carboxylic acids is 2. The van der Waals surface area contributed by atoms with E-state index in [1.807, 2.05) is 30.3 Å². The Bertz CT molecular complexity index is 904. The summed E-state index contributed by atoms with van der Waals surface area (Å²) in [5.74, 6) is -0.644. The highest BCUT2D eigenvalue weighted by Gasteiger charge is 2.42. The van der Waals surface area contributed by atoms with Gasteiger partial charge in [0.25, 0.3) is 5.91 Å². The maximum Gasteiger partial charge on any atom is 0.272 e. The Labute approximate surface area is 162 Å². The van der Waals surface area contributed by atoms with Gasteiger partial charge in [0, 0.05) is 37.2 Å². The fourth-order valence-electron chi connectivity index (χ4n) is 3.61. The van der Waals surface area contributed by atoms with Crippen LogP contribution < -0.4 is 10.6 Å². The zero-order valence-corrected chi connectivity index (χ0v) is 15.3. The molecule has 6 nitrogen and oxygen atoms in total. The molecule has 0 saturated carbocycles. The molecule has 1 fully saturated rings. The number of halogens is 1. The van der Waals surface area contributed by atoms with Crippen LogP contribution in [0.3, 0.4) is 0 Å². The van der Waals surface area contributed by atoms with Crippen molar-refractivity contribution < 1.29 is 14.0 Å². The van der Waals surface area contributed by atoms with Crippen molar-refractivity contribution in [3.05, 3.63) is 66.0 Å². The second-order valence-electron chi connectivity index (χ2n) is 7.14. The smallest absolute Gasteiger partial charge is 0.272 e. The molecule has 2 aliphatic rings. The minimum absolute atomic E-state index is 0.0619. The Morgan fingerprint density at radius 1 is 1.11 bits per heavy atom. The van der Waals surface area contributed by atoms with Crippen LogP contribution >= 0.6 is 0 Å². The first-order valence-electron chi connectivity index (χ1n) is 9.29. The predicted molar refractivity (Wildman–Crippen MR) is 105 cm³/mol. The number of anilines is 1. The summed E-state index contributed by atoms with van der Waals surface area (Å²) in [6, 6.07) is 15.1. The Kier molecular flexibility index (Phi) is 4.92. The molecule has 2 heterocycles. The molecular weight excluding hydrogens is 359 g/mol. The van der Waals surface area contributed by atoms with Crippen molar-refractivity contribution >= 4 is 23.2 Å². The average Bonchev–Trinajstić information content (AvgIpc) is 3.01. The fourth-order valence-corrected chi connectivity index (χ4v) is 3.61. The van der Waals surface area contributed by atoms with Crippen molar-refractivity contribution in [1.29, 1.82) is 0 Å². The number of amides is 2. The number of hydrogen-bond donors (Lipinski definition) is 2. The van der Waals surface area contributed by atoms with Crippen LogP contribution in [0.4, 0.5) is 10.1 Å². The Morgan fingerprint density at radius 2 is 1.79 bits per heavy atom. The third-order valence-electron chi connectivity index (χ3n) is 5.11. The summed E-state index contributed by atoms with van der Waals surface area (Å²) in [7, 11) is 0. The third-order valence-corrected chi connectivity index (χ3v) is 5.11. The number of nitrogens with zero attached hydrogens (tertiary/aromatic N) is 2. The lowest BCUT2D eigenvalue weighted by Crippen LogP contribution is -2.52. The van der Waals surface area contributed by atoms with E-state index in [1.165, 1.54) is 12.1 Å². The second-order valence-corrected chi connectivity index (χ2v) is 7.14. The van der Waals surface area contributed by atoms with E-state index in [0.29, 0.717) is 43.8 Å². The molecule has 1 saturated heterocycles. The molecule has 2 aromatic carbocycles. The van der Waals surface area contributed by atoms with E-state index >= 15 is 0 Å². The minimum atomic E-state index is -0.632. The summed E-state index contributed by atoms with van der Waals surface area (Å²) in [6.45, 7) is 1.61. The van der Waals surface area contributed by atoms with Crippen molar-refractivity contribution in [3.63, 3.8) is 0 Å². The maximum atomic E-state index is 13.1. The van der Waals surface area contributed by atoms with Gasteiger partial charge in [0.05, 0.1) is 6.54 Å². The number of piperidine rings is 1. The summed E-state index contributed by atoms with van der Waals surface area (Å²) in [5.41, 5.74) is 1.10. The molecule has 28 heavy (non-hydrogen) atoms. The maximum absolute atomic E-state index is 13.1. The number of carbonyl (C=O) groups is 2. The topological polar surface area (TPSA) is 73.8 Å². The first-order valence-corrected chi connectivity index (χ1v) is 9.29. The van der Waals surface area contributed by atoms with Gasteiger partial charge in [-0.3, -0.25) is 19.5 Å². The van der Waals surface area contributed by atoms with Crippen LogP contribution in [-0.2, 0) is 9.59 Å². The molecular formula is C21H21FN4O2. The van der Waals surface area contributed by atoms with Crippen molar-refractivity contribution in [1.82, 2.24) is 10.2 Å². The predicted octanol–water partition coefficient (Wildman–Crippen LogP) is 2.18. The minimum Gasteiger partial charge on any atom is -0.326 e. The van der Waals surface area contributed by atoms with E-state index in [4.69, 9.17) is 0 Å².